The zero-order valence-electron chi connectivity index (χ0n) is 26.8. The van der Waals surface area contributed by atoms with Crippen LogP contribution in [0.1, 0.15) is 41.5 Å². The van der Waals surface area contributed by atoms with Crippen molar-refractivity contribution in [3.05, 3.63) is 155 Å². The van der Waals surface area contributed by atoms with Crippen LogP contribution in [0.15, 0.2) is 155 Å². The molecule has 0 amide bonds. The summed E-state index contributed by atoms with van der Waals surface area (Å²) in [6.45, 7) is 67.0. The highest BCUT2D eigenvalue weighted by atomic mass is 16.3. The fourth-order valence-electron chi connectivity index (χ4n) is 0. The Morgan fingerprint density at radius 2 is 0.316 bits per heavy atom. The lowest BCUT2D eigenvalue weighted by molar-refractivity contribution is 0.186. The maximum atomic E-state index is 7.62. The van der Waals surface area contributed by atoms with Crippen LogP contribution in [0.3, 0.4) is 0 Å². The Morgan fingerprint density at radius 1 is 0.289 bits per heavy atom. The molecule has 0 rings (SSSR count). The van der Waals surface area contributed by atoms with Crippen molar-refractivity contribution in [3.63, 3.8) is 0 Å². The van der Waals surface area contributed by atoms with Crippen LogP contribution in [0.25, 0.3) is 0 Å². The number of hydrogen-bond acceptors (Lipinski definition) is 4. The van der Waals surface area contributed by atoms with Gasteiger partial charge in [0.25, 0.3) is 0 Å². The van der Waals surface area contributed by atoms with Gasteiger partial charge in [-0.25, -0.2) is 0 Å². The fourth-order valence-corrected chi connectivity index (χ4v) is 0. The summed E-state index contributed by atoms with van der Waals surface area (Å²) in [4.78, 5) is 0. The van der Waals surface area contributed by atoms with Gasteiger partial charge in [-0.3, -0.25) is 0 Å². The second-order valence-electron chi connectivity index (χ2n) is 3.34. The lowest BCUT2D eigenvalue weighted by Gasteiger charge is -1.70. The third kappa shape index (κ3) is 20100. The standard InChI is InChI=1S/6C3H6.2C2H6O2.6C2H4/c6*1-3-2;2*3-1-2-4;6*1-2/h6*3H,1H2,2H3;2*3-4H,1-2H2;6*1-2H2. The molecule has 0 fully saturated rings. The molecule has 232 valence electrons. The molecule has 0 aliphatic rings. The summed E-state index contributed by atoms with van der Waals surface area (Å²) >= 11 is 0. The third-order valence-electron chi connectivity index (χ3n) is 0.200. The monoisotopic (exact) mass is 545 g/mol. The highest BCUT2D eigenvalue weighted by Gasteiger charge is 1.58. The van der Waals surface area contributed by atoms with Gasteiger partial charge in [-0.15, -0.1) is 118 Å². The minimum atomic E-state index is -0.125. The van der Waals surface area contributed by atoms with E-state index in [1.54, 1.807) is 36.5 Å². The maximum absolute atomic E-state index is 7.62. The van der Waals surface area contributed by atoms with Crippen LogP contribution in [0.4, 0.5) is 0 Å². The van der Waals surface area contributed by atoms with Crippen LogP contribution in [0.2, 0.25) is 0 Å². The van der Waals surface area contributed by atoms with Crippen molar-refractivity contribution < 1.29 is 20.4 Å². The van der Waals surface area contributed by atoms with E-state index in [0.717, 1.165) is 0 Å². The van der Waals surface area contributed by atoms with Crippen LogP contribution < -0.4 is 0 Å². The molecule has 0 aromatic rings. The van der Waals surface area contributed by atoms with Gasteiger partial charge in [-0.05, 0) is 41.5 Å². The van der Waals surface area contributed by atoms with Gasteiger partial charge in [-0.2, -0.15) is 0 Å². The summed E-state index contributed by atoms with van der Waals surface area (Å²) < 4.78 is 0. The number of aliphatic hydroxyl groups is 4. The van der Waals surface area contributed by atoms with Gasteiger partial charge in [0.15, 0.2) is 0 Å². The second kappa shape index (κ2) is 799. The summed E-state index contributed by atoms with van der Waals surface area (Å²) in [6.07, 6.45) is 10.5. The molecule has 0 aromatic carbocycles. The van der Waals surface area contributed by atoms with Crippen molar-refractivity contribution in [2.24, 2.45) is 0 Å². The van der Waals surface area contributed by atoms with Crippen molar-refractivity contribution >= 4 is 0 Å². The minimum absolute atomic E-state index is 0.125. The summed E-state index contributed by atoms with van der Waals surface area (Å²) in [7, 11) is 0. The quantitative estimate of drug-likeness (QED) is 0.261. The Kier molecular flexibility index (Phi) is 1930. The first-order valence-corrected chi connectivity index (χ1v) is 11.2. The van der Waals surface area contributed by atoms with Crippen LogP contribution in [0, 0.1) is 0 Å². The first-order valence-electron chi connectivity index (χ1n) is 11.2. The van der Waals surface area contributed by atoms with E-state index >= 15 is 0 Å². The molecule has 0 radical (unpaired) electrons. The zero-order valence-corrected chi connectivity index (χ0v) is 26.8. The van der Waals surface area contributed by atoms with E-state index in [9.17, 15) is 0 Å². The molecule has 0 spiro atoms. The smallest absolute Gasteiger partial charge is 0.0662 e. The van der Waals surface area contributed by atoms with Crippen molar-refractivity contribution in [2.45, 2.75) is 41.5 Å². The van der Waals surface area contributed by atoms with E-state index in [0.29, 0.717) is 0 Å². The molecular formula is C34H72O4. The molecular weight excluding hydrogens is 472 g/mol. The molecule has 4 heteroatoms. The normalized spacial score (nSPS) is 4.26. The predicted octanol–water partition coefficient (Wildman–Crippen LogP) is 9.91. The molecule has 0 atom stereocenters. The zero-order chi connectivity index (χ0) is 35.1. The first kappa shape index (κ1) is 92.0. The number of allylic oxidation sites excluding steroid dienone is 6. The van der Waals surface area contributed by atoms with Crippen LogP contribution in [0.5, 0.6) is 0 Å². The van der Waals surface area contributed by atoms with E-state index in [4.69, 9.17) is 20.4 Å². The third-order valence-corrected chi connectivity index (χ3v) is 0.200. The Morgan fingerprint density at radius 3 is 0.316 bits per heavy atom. The van der Waals surface area contributed by atoms with Gasteiger partial charge in [0, 0.05) is 0 Å². The summed E-state index contributed by atoms with van der Waals surface area (Å²) in [5, 5.41) is 30.5. The highest BCUT2D eigenvalue weighted by Crippen LogP contribution is 1.41. The minimum Gasteiger partial charge on any atom is -0.394 e. The van der Waals surface area contributed by atoms with Crippen LogP contribution >= 0.6 is 0 Å². The molecule has 0 bridgehead atoms. The van der Waals surface area contributed by atoms with Gasteiger partial charge in [0.05, 0.1) is 26.4 Å². The van der Waals surface area contributed by atoms with E-state index in [2.05, 4.69) is 118 Å². The summed E-state index contributed by atoms with van der Waals surface area (Å²) in [5.74, 6) is 0. The van der Waals surface area contributed by atoms with E-state index in [-0.39, 0.29) is 26.4 Å². The number of aliphatic hydroxyl groups excluding tert-OH is 4. The van der Waals surface area contributed by atoms with Crippen LogP contribution in [-0.4, -0.2) is 46.9 Å². The van der Waals surface area contributed by atoms with Gasteiger partial charge in [0.2, 0.25) is 0 Å². The Hall–Kier alpha value is -3.28. The average molecular weight is 545 g/mol. The molecule has 0 aromatic heterocycles. The highest BCUT2D eigenvalue weighted by molar-refractivity contribution is 4.53. The van der Waals surface area contributed by atoms with E-state index in [1.807, 2.05) is 41.5 Å². The first-order chi connectivity index (χ1) is 18.3. The number of hydrogen-bond donors (Lipinski definition) is 4. The molecule has 0 saturated carbocycles. The Bertz CT molecular complexity index is 206. The van der Waals surface area contributed by atoms with Gasteiger partial charge < -0.3 is 20.4 Å². The topological polar surface area (TPSA) is 80.9 Å². The second-order valence-corrected chi connectivity index (χ2v) is 3.34. The van der Waals surface area contributed by atoms with Crippen molar-refractivity contribution in [3.8, 4) is 0 Å². The molecule has 0 aliphatic carbocycles. The molecule has 4 N–H and O–H groups in total. The molecule has 0 aliphatic heterocycles. The summed E-state index contributed by atoms with van der Waals surface area (Å²) in [6, 6.07) is 0. The molecule has 0 heterocycles. The van der Waals surface area contributed by atoms with Crippen molar-refractivity contribution in [1.82, 2.24) is 0 Å². The SMILES string of the molecule is C=C.C=C.C=C.C=C.C=C.C=C.C=CC.C=CC.C=CC.C=CC.C=CC.C=CC.OCCO.OCCO. The van der Waals surface area contributed by atoms with Crippen LogP contribution in [-0.2, 0) is 0 Å². The summed E-state index contributed by atoms with van der Waals surface area (Å²) in [5.41, 5.74) is 0. The lowest BCUT2D eigenvalue weighted by Crippen LogP contribution is -1.85. The Balaban J connectivity index is -0.0000000137. The molecule has 4 nitrogen and oxygen atoms in total. The molecule has 0 unspecified atom stereocenters. The van der Waals surface area contributed by atoms with E-state index < -0.39 is 0 Å². The predicted molar refractivity (Wildman–Crippen MR) is 191 cm³/mol. The number of rotatable bonds is 2. The lowest BCUT2D eigenvalue weighted by atomic mass is 10.8. The van der Waals surface area contributed by atoms with Gasteiger partial charge >= 0.3 is 0 Å². The fraction of sp³-hybridized carbons (Fsp3) is 0.294. The van der Waals surface area contributed by atoms with Gasteiger partial charge in [-0.1, -0.05) is 36.5 Å². The average Bonchev–Trinajstić information content (AvgIpc) is 2.98. The molecule has 38 heavy (non-hydrogen) atoms. The van der Waals surface area contributed by atoms with E-state index in [1.165, 1.54) is 0 Å². The maximum Gasteiger partial charge on any atom is 0.0662 e. The van der Waals surface area contributed by atoms with Gasteiger partial charge in [0.1, 0.15) is 0 Å². The largest absolute Gasteiger partial charge is 0.394 e. The van der Waals surface area contributed by atoms with Crippen molar-refractivity contribution in [2.75, 3.05) is 26.4 Å². The van der Waals surface area contributed by atoms with Crippen molar-refractivity contribution in [1.29, 1.82) is 0 Å². The molecule has 0 saturated heterocycles. The Labute approximate surface area is 243 Å².